The predicted molar refractivity (Wildman–Crippen MR) is 81.9 cm³/mol. The molecule has 1 amide bonds. The van der Waals surface area contributed by atoms with Gasteiger partial charge in [-0.2, -0.15) is 0 Å². The molecule has 1 fully saturated rings. The monoisotopic (exact) mass is 316 g/mol. The Balaban J connectivity index is 0.00000220. The van der Waals surface area contributed by atoms with Gasteiger partial charge in [-0.25, -0.2) is 4.57 Å². The van der Waals surface area contributed by atoms with Gasteiger partial charge in [-0.3, -0.25) is 4.79 Å². The van der Waals surface area contributed by atoms with Crippen LogP contribution in [0, 0.1) is 16.0 Å². The maximum atomic E-state index is 12.0. The Hall–Kier alpha value is -1.60. The zero-order valence-corrected chi connectivity index (χ0v) is 12.8. The molecule has 2 N–H and O–H groups in total. The molecule has 0 bridgehead atoms. The number of nitro groups is 1. The van der Waals surface area contributed by atoms with E-state index in [1.165, 1.54) is 36.6 Å². The molecular formula is C13H21ClN4O3. The lowest BCUT2D eigenvalue weighted by Crippen LogP contribution is -2.33. The molecule has 0 radical (unpaired) electrons. The van der Waals surface area contributed by atoms with Crippen molar-refractivity contribution in [3.63, 3.8) is 0 Å². The molecule has 7 nitrogen and oxygen atoms in total. The molecule has 1 aliphatic rings. The molecule has 0 spiro atoms. The van der Waals surface area contributed by atoms with Gasteiger partial charge in [-0.1, -0.05) is 0 Å². The molecule has 0 aromatic carbocycles. The molecule has 1 saturated heterocycles. The van der Waals surface area contributed by atoms with Crippen LogP contribution in [0.3, 0.4) is 0 Å². The van der Waals surface area contributed by atoms with Crippen LogP contribution in [0.15, 0.2) is 12.1 Å². The Labute approximate surface area is 129 Å². The van der Waals surface area contributed by atoms with Crippen LogP contribution in [0.2, 0.25) is 0 Å². The van der Waals surface area contributed by atoms with E-state index < -0.39 is 4.92 Å². The van der Waals surface area contributed by atoms with Crippen molar-refractivity contribution in [3.05, 3.63) is 27.9 Å². The Kier molecular flexibility index (Phi) is 6.64. The number of hydrogen-bond donors (Lipinski definition) is 2. The van der Waals surface area contributed by atoms with E-state index in [-0.39, 0.29) is 24.1 Å². The lowest BCUT2D eigenvalue weighted by Gasteiger charge is -2.22. The number of aromatic nitrogens is 1. The van der Waals surface area contributed by atoms with Crippen molar-refractivity contribution in [1.29, 1.82) is 0 Å². The number of carbonyl (C=O) groups is 1. The Morgan fingerprint density at radius 1 is 1.57 bits per heavy atom. The number of piperidine rings is 1. The molecule has 8 heteroatoms. The van der Waals surface area contributed by atoms with Gasteiger partial charge in [-0.05, 0) is 49.3 Å². The van der Waals surface area contributed by atoms with Gasteiger partial charge in [0.15, 0.2) is 5.69 Å². The smallest absolute Gasteiger partial charge is 0.323 e. The number of nitrogens with zero attached hydrogens (tertiary/aromatic N) is 2. The molecular weight excluding hydrogens is 296 g/mol. The molecule has 1 atom stereocenters. The summed E-state index contributed by atoms with van der Waals surface area (Å²) >= 11 is 0. The Bertz CT molecular complexity index is 498. The summed E-state index contributed by atoms with van der Waals surface area (Å²) in [7, 11) is 1.53. The van der Waals surface area contributed by atoms with Crippen LogP contribution in [0.1, 0.15) is 29.8 Å². The van der Waals surface area contributed by atoms with Gasteiger partial charge in [0.2, 0.25) is 0 Å². The fourth-order valence-corrected chi connectivity index (χ4v) is 2.56. The summed E-state index contributed by atoms with van der Waals surface area (Å²) in [6, 6.07) is 2.83. The van der Waals surface area contributed by atoms with Crippen molar-refractivity contribution in [2.24, 2.45) is 13.0 Å². The molecule has 2 heterocycles. The third kappa shape index (κ3) is 4.44. The highest BCUT2D eigenvalue weighted by Crippen LogP contribution is 2.15. The molecule has 21 heavy (non-hydrogen) atoms. The third-order valence-corrected chi connectivity index (χ3v) is 3.75. The highest BCUT2D eigenvalue weighted by Gasteiger charge is 2.20. The molecule has 1 aromatic rings. The van der Waals surface area contributed by atoms with E-state index in [0.717, 1.165) is 19.5 Å². The molecule has 2 rings (SSSR count). The van der Waals surface area contributed by atoms with Gasteiger partial charge in [0, 0.05) is 12.6 Å². The SMILES string of the molecule is Cl.Cn1c(C(=O)NCCC2CCCNC2)ccc1[N+](=O)[O-]. The topological polar surface area (TPSA) is 89.2 Å². The van der Waals surface area contributed by atoms with Crippen LogP contribution in [0.4, 0.5) is 5.82 Å². The maximum absolute atomic E-state index is 12.0. The molecule has 1 aromatic heterocycles. The molecule has 0 aliphatic carbocycles. The lowest BCUT2D eigenvalue weighted by atomic mass is 9.96. The van der Waals surface area contributed by atoms with Crippen LogP contribution < -0.4 is 10.6 Å². The normalized spacial score (nSPS) is 17.9. The van der Waals surface area contributed by atoms with Gasteiger partial charge >= 0.3 is 5.82 Å². The number of rotatable bonds is 5. The zero-order chi connectivity index (χ0) is 14.5. The van der Waals surface area contributed by atoms with Crippen molar-refractivity contribution in [1.82, 2.24) is 15.2 Å². The van der Waals surface area contributed by atoms with Crippen molar-refractivity contribution in [3.8, 4) is 0 Å². The van der Waals surface area contributed by atoms with Gasteiger partial charge in [0.1, 0.15) is 0 Å². The van der Waals surface area contributed by atoms with E-state index in [0.29, 0.717) is 18.2 Å². The second kappa shape index (κ2) is 7.99. The highest BCUT2D eigenvalue weighted by atomic mass is 35.5. The maximum Gasteiger partial charge on any atom is 0.323 e. The summed E-state index contributed by atoms with van der Waals surface area (Å²) < 4.78 is 1.30. The highest BCUT2D eigenvalue weighted by molar-refractivity contribution is 5.93. The van der Waals surface area contributed by atoms with E-state index in [9.17, 15) is 14.9 Å². The number of nitrogens with one attached hydrogen (secondary N) is 2. The standard InChI is InChI=1S/C13H20N4O3.ClH/c1-16-11(4-5-12(16)17(19)20)13(18)15-8-6-10-3-2-7-14-9-10;/h4-5,10,14H,2-3,6-9H2,1H3,(H,15,18);1H. The third-order valence-electron chi connectivity index (χ3n) is 3.75. The largest absolute Gasteiger partial charge is 0.358 e. The summed E-state index contributed by atoms with van der Waals surface area (Å²) in [5.41, 5.74) is 0.318. The Morgan fingerprint density at radius 2 is 2.33 bits per heavy atom. The summed E-state index contributed by atoms with van der Waals surface area (Å²) in [4.78, 5) is 22.2. The minimum atomic E-state index is -0.496. The summed E-state index contributed by atoms with van der Waals surface area (Å²) in [6.45, 7) is 2.69. The van der Waals surface area contributed by atoms with E-state index >= 15 is 0 Å². The van der Waals surface area contributed by atoms with E-state index in [4.69, 9.17) is 0 Å². The van der Waals surface area contributed by atoms with Gasteiger partial charge in [-0.15, -0.1) is 12.4 Å². The number of hydrogen-bond acceptors (Lipinski definition) is 4. The molecule has 1 unspecified atom stereocenters. The van der Waals surface area contributed by atoms with E-state index in [1.54, 1.807) is 0 Å². The first-order valence-corrected chi connectivity index (χ1v) is 6.88. The van der Waals surface area contributed by atoms with Crippen LogP contribution in [0.25, 0.3) is 0 Å². The summed E-state index contributed by atoms with van der Waals surface area (Å²) in [5.74, 6) is 0.266. The fourth-order valence-electron chi connectivity index (χ4n) is 2.56. The number of amides is 1. The van der Waals surface area contributed by atoms with E-state index in [1.807, 2.05) is 0 Å². The second-order valence-corrected chi connectivity index (χ2v) is 5.15. The number of carbonyl (C=O) groups excluding carboxylic acids is 1. The van der Waals surface area contributed by atoms with Crippen LogP contribution >= 0.6 is 12.4 Å². The summed E-state index contributed by atoms with van der Waals surface area (Å²) in [6.07, 6.45) is 3.31. The van der Waals surface area contributed by atoms with Gasteiger partial charge in [0.25, 0.3) is 5.91 Å². The van der Waals surface area contributed by atoms with Crippen molar-refractivity contribution in [2.45, 2.75) is 19.3 Å². The molecule has 0 saturated carbocycles. The van der Waals surface area contributed by atoms with Crippen LogP contribution in [-0.2, 0) is 7.05 Å². The Morgan fingerprint density at radius 3 is 2.90 bits per heavy atom. The second-order valence-electron chi connectivity index (χ2n) is 5.15. The van der Waals surface area contributed by atoms with Crippen molar-refractivity contribution in [2.75, 3.05) is 19.6 Å². The van der Waals surface area contributed by atoms with Crippen molar-refractivity contribution >= 4 is 24.1 Å². The van der Waals surface area contributed by atoms with Crippen LogP contribution in [-0.4, -0.2) is 35.0 Å². The van der Waals surface area contributed by atoms with Gasteiger partial charge in [0.05, 0.1) is 7.05 Å². The lowest BCUT2D eigenvalue weighted by molar-refractivity contribution is -0.391. The average Bonchev–Trinajstić information content (AvgIpc) is 2.82. The minimum absolute atomic E-state index is 0. The number of halogens is 1. The predicted octanol–water partition coefficient (Wildman–Crippen LogP) is 1.47. The van der Waals surface area contributed by atoms with Gasteiger partial charge < -0.3 is 20.7 Å². The van der Waals surface area contributed by atoms with Crippen molar-refractivity contribution < 1.29 is 9.72 Å². The first-order valence-electron chi connectivity index (χ1n) is 6.88. The quantitative estimate of drug-likeness (QED) is 0.636. The molecule has 118 valence electrons. The average molecular weight is 317 g/mol. The first-order chi connectivity index (χ1) is 9.59. The molecule has 1 aliphatic heterocycles. The van der Waals surface area contributed by atoms with E-state index in [2.05, 4.69) is 10.6 Å². The minimum Gasteiger partial charge on any atom is -0.358 e. The summed E-state index contributed by atoms with van der Waals surface area (Å²) in [5, 5.41) is 16.9. The fraction of sp³-hybridized carbons (Fsp3) is 0.615. The first kappa shape index (κ1) is 17.5. The zero-order valence-electron chi connectivity index (χ0n) is 12.0. The van der Waals surface area contributed by atoms with Crippen LogP contribution in [0.5, 0.6) is 0 Å².